The molecule has 0 saturated carbocycles. The normalized spacial score (nSPS) is 13.2. The molecule has 1 N–H and O–H groups in total. The van der Waals surface area contributed by atoms with Gasteiger partial charge in [0.15, 0.2) is 0 Å². The van der Waals surface area contributed by atoms with Crippen molar-refractivity contribution in [2.45, 2.75) is 32.4 Å². The summed E-state index contributed by atoms with van der Waals surface area (Å²) < 4.78 is 1.85. The highest BCUT2D eigenvalue weighted by molar-refractivity contribution is 7.09. The van der Waals surface area contributed by atoms with Gasteiger partial charge in [-0.05, 0) is 13.8 Å². The first-order valence-electron chi connectivity index (χ1n) is 5.26. The van der Waals surface area contributed by atoms with E-state index in [4.69, 9.17) is 0 Å². The molecule has 0 amide bonds. The summed E-state index contributed by atoms with van der Waals surface area (Å²) in [5.41, 5.74) is 2.64. The quantitative estimate of drug-likeness (QED) is 0.887. The van der Waals surface area contributed by atoms with Crippen LogP contribution in [0.15, 0.2) is 24.1 Å². The van der Waals surface area contributed by atoms with Crippen LogP contribution >= 0.6 is 11.3 Å². The highest BCUT2D eigenvalue weighted by atomic mass is 32.1. The van der Waals surface area contributed by atoms with E-state index in [0.717, 1.165) is 10.4 Å². The Labute approximate surface area is 98.6 Å². The Hall–Kier alpha value is -1.20. The molecular formula is C11H15N3OS. The van der Waals surface area contributed by atoms with Gasteiger partial charge in [-0.2, -0.15) is 5.10 Å². The van der Waals surface area contributed by atoms with E-state index in [9.17, 15) is 5.11 Å². The first-order chi connectivity index (χ1) is 7.66. The van der Waals surface area contributed by atoms with E-state index >= 15 is 0 Å². The largest absolute Gasteiger partial charge is 0.388 e. The topological polar surface area (TPSA) is 50.9 Å². The molecule has 4 nitrogen and oxygen atoms in total. The Morgan fingerprint density at radius 3 is 2.81 bits per heavy atom. The van der Waals surface area contributed by atoms with Crippen molar-refractivity contribution in [1.29, 1.82) is 0 Å². The van der Waals surface area contributed by atoms with Crippen molar-refractivity contribution in [2.75, 3.05) is 0 Å². The number of hydrogen-bond acceptors (Lipinski definition) is 4. The maximum Gasteiger partial charge on any atom is 0.0869 e. The van der Waals surface area contributed by atoms with Crippen LogP contribution in [0.25, 0.3) is 0 Å². The Morgan fingerprint density at radius 1 is 1.44 bits per heavy atom. The van der Waals surface area contributed by atoms with Gasteiger partial charge < -0.3 is 5.11 Å². The first-order valence-corrected chi connectivity index (χ1v) is 6.14. The van der Waals surface area contributed by atoms with Gasteiger partial charge in [-0.3, -0.25) is 9.67 Å². The minimum Gasteiger partial charge on any atom is -0.388 e. The number of aliphatic hydroxyl groups excluding tert-OH is 1. The Bertz CT molecular complexity index is 436. The lowest BCUT2D eigenvalue weighted by molar-refractivity contribution is 0.179. The van der Waals surface area contributed by atoms with Crippen molar-refractivity contribution >= 4 is 11.3 Å². The molecule has 0 aliphatic heterocycles. The standard InChI is InChI=1S/C11H15N3OS/c1-8(2)14-6-9(4-13-14)11(15)3-10-5-12-7-16-10/h4-8,11,15H,3H2,1-2H3. The fourth-order valence-electron chi connectivity index (χ4n) is 1.46. The lowest BCUT2D eigenvalue weighted by Gasteiger charge is -2.06. The minimum atomic E-state index is -0.493. The monoisotopic (exact) mass is 237 g/mol. The molecule has 2 heterocycles. The summed E-state index contributed by atoms with van der Waals surface area (Å²) in [6, 6.07) is 0.323. The smallest absolute Gasteiger partial charge is 0.0869 e. The summed E-state index contributed by atoms with van der Waals surface area (Å²) in [4.78, 5) is 5.08. The summed E-state index contributed by atoms with van der Waals surface area (Å²) in [5, 5.41) is 14.2. The van der Waals surface area contributed by atoms with Gasteiger partial charge in [0.1, 0.15) is 0 Å². The maximum absolute atomic E-state index is 10.0. The SMILES string of the molecule is CC(C)n1cc(C(O)Cc2cncs2)cn1. The van der Waals surface area contributed by atoms with E-state index in [0.29, 0.717) is 12.5 Å². The number of rotatable bonds is 4. The molecule has 2 rings (SSSR count). The predicted molar refractivity (Wildman–Crippen MR) is 63.4 cm³/mol. The van der Waals surface area contributed by atoms with Gasteiger partial charge in [-0.1, -0.05) is 0 Å². The fourth-order valence-corrected chi connectivity index (χ4v) is 2.09. The highest BCUT2D eigenvalue weighted by Crippen LogP contribution is 2.20. The first kappa shape index (κ1) is 11.3. The van der Waals surface area contributed by atoms with Crippen molar-refractivity contribution in [3.8, 4) is 0 Å². The van der Waals surface area contributed by atoms with Crippen LogP contribution in [0, 0.1) is 0 Å². The van der Waals surface area contributed by atoms with Crippen LogP contribution in [-0.2, 0) is 6.42 Å². The average Bonchev–Trinajstić information content (AvgIpc) is 2.86. The average molecular weight is 237 g/mol. The third kappa shape index (κ3) is 2.48. The molecule has 0 radical (unpaired) electrons. The number of thiazole rings is 1. The molecule has 0 spiro atoms. The second-order valence-corrected chi connectivity index (χ2v) is 5.01. The van der Waals surface area contributed by atoms with Crippen molar-refractivity contribution in [2.24, 2.45) is 0 Å². The number of hydrogen-bond donors (Lipinski definition) is 1. The lowest BCUT2D eigenvalue weighted by atomic mass is 10.1. The highest BCUT2D eigenvalue weighted by Gasteiger charge is 2.12. The third-order valence-electron chi connectivity index (χ3n) is 2.41. The number of aromatic nitrogens is 3. The number of nitrogens with zero attached hydrogens (tertiary/aromatic N) is 3. The van der Waals surface area contributed by atoms with Crippen LogP contribution in [0.5, 0.6) is 0 Å². The van der Waals surface area contributed by atoms with E-state index in [1.54, 1.807) is 29.2 Å². The van der Waals surface area contributed by atoms with Crippen molar-refractivity contribution < 1.29 is 5.11 Å². The molecule has 0 fully saturated rings. The van der Waals surface area contributed by atoms with Crippen LogP contribution in [0.3, 0.4) is 0 Å². The van der Waals surface area contributed by atoms with Crippen LogP contribution in [0.4, 0.5) is 0 Å². The van der Waals surface area contributed by atoms with Crippen LogP contribution < -0.4 is 0 Å². The molecule has 2 aromatic heterocycles. The summed E-state index contributed by atoms with van der Waals surface area (Å²) in [7, 11) is 0. The third-order valence-corrected chi connectivity index (χ3v) is 3.22. The molecule has 0 bridgehead atoms. The Morgan fingerprint density at radius 2 is 2.25 bits per heavy atom. The molecule has 0 aliphatic rings. The second-order valence-electron chi connectivity index (χ2n) is 4.04. The van der Waals surface area contributed by atoms with E-state index in [-0.39, 0.29) is 0 Å². The molecule has 86 valence electrons. The zero-order valence-electron chi connectivity index (χ0n) is 9.37. The molecule has 16 heavy (non-hydrogen) atoms. The van der Waals surface area contributed by atoms with Gasteiger partial charge in [0.05, 0.1) is 17.8 Å². The predicted octanol–water partition coefficient (Wildman–Crippen LogP) is 2.20. The zero-order valence-corrected chi connectivity index (χ0v) is 10.2. The van der Waals surface area contributed by atoms with Crippen LogP contribution in [0.1, 0.15) is 36.4 Å². The van der Waals surface area contributed by atoms with Gasteiger partial charge >= 0.3 is 0 Å². The Balaban J connectivity index is 2.06. The molecule has 0 aliphatic carbocycles. The summed E-state index contributed by atoms with van der Waals surface area (Å²) >= 11 is 1.56. The van der Waals surface area contributed by atoms with Gasteiger partial charge in [0.2, 0.25) is 0 Å². The molecule has 0 aromatic carbocycles. The molecule has 1 atom stereocenters. The molecule has 2 aromatic rings. The van der Waals surface area contributed by atoms with Gasteiger partial charge in [0.25, 0.3) is 0 Å². The van der Waals surface area contributed by atoms with Crippen molar-refractivity contribution in [1.82, 2.24) is 14.8 Å². The molecule has 5 heteroatoms. The van der Waals surface area contributed by atoms with Gasteiger partial charge in [-0.15, -0.1) is 11.3 Å². The lowest BCUT2D eigenvalue weighted by Crippen LogP contribution is -2.01. The van der Waals surface area contributed by atoms with Crippen LogP contribution in [-0.4, -0.2) is 19.9 Å². The van der Waals surface area contributed by atoms with Gasteiger partial charge in [-0.25, -0.2) is 0 Å². The Kier molecular flexibility index (Phi) is 3.36. The van der Waals surface area contributed by atoms with Crippen molar-refractivity contribution in [3.63, 3.8) is 0 Å². The molecule has 1 unspecified atom stereocenters. The summed E-state index contributed by atoms with van der Waals surface area (Å²) in [6.45, 7) is 4.12. The zero-order chi connectivity index (χ0) is 11.5. The minimum absolute atomic E-state index is 0.323. The molecular weight excluding hydrogens is 222 g/mol. The summed E-state index contributed by atoms with van der Waals surface area (Å²) in [5.74, 6) is 0. The molecule has 0 saturated heterocycles. The van der Waals surface area contributed by atoms with Crippen molar-refractivity contribution in [3.05, 3.63) is 34.5 Å². The van der Waals surface area contributed by atoms with E-state index in [1.807, 2.05) is 10.9 Å². The van der Waals surface area contributed by atoms with Gasteiger partial charge in [0, 0.05) is 35.3 Å². The van der Waals surface area contributed by atoms with Crippen LogP contribution in [0.2, 0.25) is 0 Å². The van der Waals surface area contributed by atoms with E-state index < -0.39 is 6.10 Å². The van der Waals surface area contributed by atoms with E-state index in [1.165, 1.54) is 0 Å². The second kappa shape index (κ2) is 4.76. The van der Waals surface area contributed by atoms with E-state index in [2.05, 4.69) is 23.9 Å². The maximum atomic E-state index is 10.0. The number of aliphatic hydroxyl groups is 1. The summed E-state index contributed by atoms with van der Waals surface area (Å²) in [6.07, 6.45) is 5.53. The fraction of sp³-hybridized carbons (Fsp3) is 0.455.